The first-order valence-electron chi connectivity index (χ1n) is 9.90. The zero-order valence-corrected chi connectivity index (χ0v) is 17.4. The van der Waals surface area contributed by atoms with Crippen LogP contribution in [0.25, 0.3) is 5.57 Å². The van der Waals surface area contributed by atoms with E-state index in [0.717, 1.165) is 49.8 Å². The molecule has 0 aliphatic carbocycles. The summed E-state index contributed by atoms with van der Waals surface area (Å²) in [6.45, 7) is 4.59. The minimum absolute atomic E-state index is 0.197. The van der Waals surface area contributed by atoms with Gasteiger partial charge in [-0.2, -0.15) is 0 Å². The number of carbonyl (C=O) groups is 2. The average Bonchev–Trinajstić information content (AvgIpc) is 3.36. The van der Waals surface area contributed by atoms with Crippen LogP contribution < -0.4 is 4.90 Å². The van der Waals surface area contributed by atoms with E-state index in [1.807, 2.05) is 59.8 Å². The Bertz CT molecular complexity index is 889. The number of para-hydroxylation sites is 1. The van der Waals surface area contributed by atoms with Gasteiger partial charge in [-0.3, -0.25) is 19.4 Å². The number of ether oxygens (including phenoxy) is 1. The van der Waals surface area contributed by atoms with Crippen LogP contribution in [0.3, 0.4) is 0 Å². The maximum absolute atomic E-state index is 13.3. The zero-order chi connectivity index (χ0) is 20.2. The van der Waals surface area contributed by atoms with Crippen LogP contribution in [0, 0.1) is 0 Å². The molecule has 0 N–H and O–H groups in total. The molecule has 0 unspecified atom stereocenters. The molecular weight excluding hydrogens is 386 g/mol. The van der Waals surface area contributed by atoms with Crippen molar-refractivity contribution in [1.82, 2.24) is 9.80 Å². The summed E-state index contributed by atoms with van der Waals surface area (Å²) in [7, 11) is 1.85. The molecule has 6 nitrogen and oxygen atoms in total. The largest absolute Gasteiger partial charge is 0.379 e. The average molecular weight is 412 g/mol. The summed E-state index contributed by atoms with van der Waals surface area (Å²) < 4.78 is 5.38. The lowest BCUT2D eigenvalue weighted by atomic mass is 10.1. The zero-order valence-electron chi connectivity index (χ0n) is 16.5. The van der Waals surface area contributed by atoms with Gasteiger partial charge in [0.25, 0.3) is 11.8 Å². The fraction of sp³-hybridized carbons (Fsp3) is 0.364. The molecule has 0 saturated carbocycles. The van der Waals surface area contributed by atoms with Crippen LogP contribution in [0.5, 0.6) is 0 Å². The number of likely N-dealkylation sites (N-methyl/N-ethyl adjacent to an activating group) is 1. The van der Waals surface area contributed by atoms with E-state index >= 15 is 0 Å². The predicted molar refractivity (Wildman–Crippen MR) is 115 cm³/mol. The second-order valence-corrected chi connectivity index (χ2v) is 8.11. The highest BCUT2D eigenvalue weighted by Gasteiger charge is 2.41. The molecule has 1 fully saturated rings. The Balaban J connectivity index is 1.55. The Morgan fingerprint density at radius 1 is 1.00 bits per heavy atom. The van der Waals surface area contributed by atoms with E-state index in [0.29, 0.717) is 17.8 Å². The van der Waals surface area contributed by atoms with Gasteiger partial charge in [0.1, 0.15) is 5.70 Å². The van der Waals surface area contributed by atoms with Crippen molar-refractivity contribution in [3.05, 3.63) is 58.4 Å². The lowest BCUT2D eigenvalue weighted by molar-refractivity contribution is -0.137. The smallest absolute Gasteiger partial charge is 0.278 e. The molecule has 0 atom stereocenters. The van der Waals surface area contributed by atoms with E-state index in [1.165, 1.54) is 16.2 Å². The van der Waals surface area contributed by atoms with E-state index in [-0.39, 0.29) is 11.8 Å². The molecule has 1 saturated heterocycles. The molecule has 1 aromatic heterocycles. The van der Waals surface area contributed by atoms with E-state index in [2.05, 4.69) is 4.90 Å². The normalized spacial score (nSPS) is 18.0. The molecule has 2 aliphatic heterocycles. The Hall–Kier alpha value is -2.48. The molecular formula is C22H25N3O3S. The van der Waals surface area contributed by atoms with Gasteiger partial charge in [0.05, 0.1) is 18.8 Å². The number of hydrogen-bond donors (Lipinski definition) is 0. The summed E-state index contributed by atoms with van der Waals surface area (Å²) in [6, 6.07) is 13.5. The van der Waals surface area contributed by atoms with Crippen molar-refractivity contribution in [3.8, 4) is 0 Å². The minimum Gasteiger partial charge on any atom is -0.379 e. The molecule has 7 heteroatoms. The number of nitrogens with zero attached hydrogens (tertiary/aromatic N) is 3. The first-order valence-corrected chi connectivity index (χ1v) is 10.8. The van der Waals surface area contributed by atoms with Crippen LogP contribution in [0.2, 0.25) is 0 Å². The van der Waals surface area contributed by atoms with Gasteiger partial charge < -0.3 is 9.64 Å². The fourth-order valence-electron chi connectivity index (χ4n) is 3.78. The van der Waals surface area contributed by atoms with Gasteiger partial charge in [-0.15, -0.1) is 11.3 Å². The highest BCUT2D eigenvalue weighted by molar-refractivity contribution is 7.11. The highest BCUT2D eigenvalue weighted by Crippen LogP contribution is 2.35. The van der Waals surface area contributed by atoms with Crippen LogP contribution >= 0.6 is 11.3 Å². The number of amides is 2. The number of thiophene rings is 1. The molecule has 2 amide bonds. The third kappa shape index (κ3) is 4.12. The van der Waals surface area contributed by atoms with Crippen molar-refractivity contribution in [2.24, 2.45) is 0 Å². The van der Waals surface area contributed by atoms with Gasteiger partial charge >= 0.3 is 0 Å². The number of carbonyl (C=O) groups excluding carboxylic acids is 2. The quantitative estimate of drug-likeness (QED) is 0.656. The summed E-state index contributed by atoms with van der Waals surface area (Å²) in [5, 5.41) is 1.93. The predicted octanol–water partition coefficient (Wildman–Crippen LogP) is 2.69. The Morgan fingerprint density at radius 3 is 2.45 bits per heavy atom. The van der Waals surface area contributed by atoms with Crippen LogP contribution in [0.15, 0.2) is 53.5 Å². The summed E-state index contributed by atoms with van der Waals surface area (Å²) in [4.78, 5) is 32.9. The molecule has 4 rings (SSSR count). The van der Waals surface area contributed by atoms with Crippen molar-refractivity contribution in [2.45, 2.75) is 6.42 Å². The highest BCUT2D eigenvalue weighted by atomic mass is 32.1. The number of hydrogen-bond acceptors (Lipinski definition) is 6. The van der Waals surface area contributed by atoms with Crippen molar-refractivity contribution >= 4 is 34.4 Å². The van der Waals surface area contributed by atoms with Gasteiger partial charge in [-0.05, 0) is 30.0 Å². The maximum atomic E-state index is 13.3. The number of morpholine rings is 1. The second-order valence-electron chi connectivity index (χ2n) is 7.16. The van der Waals surface area contributed by atoms with E-state index in [9.17, 15) is 9.59 Å². The van der Waals surface area contributed by atoms with Gasteiger partial charge in [-0.25, -0.2) is 0 Å². The van der Waals surface area contributed by atoms with Gasteiger partial charge in [0, 0.05) is 43.8 Å². The summed E-state index contributed by atoms with van der Waals surface area (Å²) in [6.07, 6.45) is 0.761. The summed E-state index contributed by atoms with van der Waals surface area (Å²) >= 11 is 1.48. The Labute approximate surface area is 175 Å². The first kappa shape index (κ1) is 19.8. The van der Waals surface area contributed by atoms with Gasteiger partial charge in [-0.1, -0.05) is 24.3 Å². The number of imide groups is 1. The van der Waals surface area contributed by atoms with E-state index in [4.69, 9.17) is 4.74 Å². The molecule has 152 valence electrons. The van der Waals surface area contributed by atoms with Gasteiger partial charge in [0.15, 0.2) is 0 Å². The molecule has 2 aromatic rings. The number of anilines is 1. The minimum atomic E-state index is -0.216. The van der Waals surface area contributed by atoms with Crippen molar-refractivity contribution < 1.29 is 14.3 Å². The van der Waals surface area contributed by atoms with Crippen molar-refractivity contribution in [3.63, 3.8) is 0 Å². The van der Waals surface area contributed by atoms with Crippen LogP contribution in [0.4, 0.5) is 5.69 Å². The SMILES string of the molecule is CN(C1=C(c2cccs2)C(=O)N(CCCN2CCOCC2)C1=O)c1ccccc1. The van der Waals surface area contributed by atoms with Crippen molar-refractivity contribution in [1.29, 1.82) is 0 Å². The third-order valence-corrected chi connectivity index (χ3v) is 6.24. The Morgan fingerprint density at radius 2 is 1.76 bits per heavy atom. The van der Waals surface area contributed by atoms with Crippen LogP contribution in [-0.4, -0.2) is 68.1 Å². The standard InChI is InChI=1S/C22H25N3O3S/c1-23(17-7-3-2-4-8-17)20-19(18-9-5-16-29-18)21(26)25(22(20)27)11-6-10-24-12-14-28-15-13-24/h2-5,7-9,16H,6,10-15H2,1H3. The number of benzene rings is 1. The fourth-order valence-corrected chi connectivity index (χ4v) is 4.54. The molecule has 1 aromatic carbocycles. The summed E-state index contributed by atoms with van der Waals surface area (Å²) in [5.74, 6) is -0.413. The van der Waals surface area contributed by atoms with Crippen LogP contribution in [-0.2, 0) is 14.3 Å². The molecule has 0 radical (unpaired) electrons. The molecule has 2 aliphatic rings. The maximum Gasteiger partial charge on any atom is 0.278 e. The first-order chi connectivity index (χ1) is 14.2. The van der Waals surface area contributed by atoms with Gasteiger partial charge in [0.2, 0.25) is 0 Å². The van der Waals surface area contributed by atoms with E-state index < -0.39 is 0 Å². The Kier molecular flexibility index (Phi) is 6.08. The summed E-state index contributed by atoms with van der Waals surface area (Å²) in [5.41, 5.74) is 1.84. The van der Waals surface area contributed by atoms with Crippen molar-refractivity contribution in [2.75, 3.05) is 51.3 Å². The van der Waals surface area contributed by atoms with E-state index in [1.54, 1.807) is 0 Å². The van der Waals surface area contributed by atoms with Crippen LogP contribution in [0.1, 0.15) is 11.3 Å². The molecule has 29 heavy (non-hydrogen) atoms. The molecule has 0 spiro atoms. The lowest BCUT2D eigenvalue weighted by Crippen LogP contribution is -2.40. The monoisotopic (exact) mass is 411 g/mol. The third-order valence-electron chi connectivity index (χ3n) is 5.35. The molecule has 0 bridgehead atoms. The second kappa shape index (κ2) is 8.90. The topological polar surface area (TPSA) is 53.1 Å². The molecule has 3 heterocycles. The number of rotatable bonds is 7. The lowest BCUT2D eigenvalue weighted by Gasteiger charge is -2.27.